The number of aliphatic hydroxyl groups is 2. The predicted octanol–water partition coefficient (Wildman–Crippen LogP) is 5.62. The van der Waals surface area contributed by atoms with Crippen molar-refractivity contribution in [2.75, 3.05) is 6.61 Å². The minimum Gasteiger partial charge on any atom is -0.394 e. The van der Waals surface area contributed by atoms with Crippen molar-refractivity contribution in [2.45, 2.75) is 57.8 Å². The number of hydrogen-bond donors (Lipinski definition) is 2. The molecule has 3 aromatic rings. The summed E-state index contributed by atoms with van der Waals surface area (Å²) in [7, 11) is 0. The van der Waals surface area contributed by atoms with Crippen LogP contribution in [0.2, 0.25) is 0 Å². The SMILES string of the molecule is CCC.OC[C@@H]1C[C@H](O)C[C@H](c2ccc(F)c(Cc3cc4ccccc4s3)c2)O1. The fraction of sp³-hybridized carbons (Fsp3) is 0.417. The molecule has 1 aromatic heterocycles. The molecule has 1 saturated heterocycles. The molecular formula is C24H29FO3S. The van der Waals surface area contributed by atoms with Crippen molar-refractivity contribution in [1.82, 2.24) is 0 Å². The third-order valence-corrected chi connectivity index (χ3v) is 5.98. The van der Waals surface area contributed by atoms with Crippen LogP contribution in [0.5, 0.6) is 0 Å². The monoisotopic (exact) mass is 416 g/mol. The van der Waals surface area contributed by atoms with Crippen molar-refractivity contribution in [3.05, 3.63) is 70.4 Å². The molecule has 0 aliphatic carbocycles. The Kier molecular flexibility index (Phi) is 7.78. The van der Waals surface area contributed by atoms with Gasteiger partial charge in [-0.2, -0.15) is 0 Å². The first-order valence-corrected chi connectivity index (χ1v) is 11.1. The van der Waals surface area contributed by atoms with Crippen LogP contribution in [0.25, 0.3) is 10.1 Å². The van der Waals surface area contributed by atoms with E-state index in [4.69, 9.17) is 4.74 Å². The molecule has 5 heteroatoms. The molecule has 3 atom stereocenters. The molecule has 2 N–H and O–H groups in total. The number of thiophene rings is 1. The van der Waals surface area contributed by atoms with Gasteiger partial charge in [0.1, 0.15) is 5.82 Å². The van der Waals surface area contributed by atoms with Gasteiger partial charge in [0.15, 0.2) is 0 Å². The van der Waals surface area contributed by atoms with E-state index in [9.17, 15) is 14.6 Å². The lowest BCUT2D eigenvalue weighted by Crippen LogP contribution is -2.33. The van der Waals surface area contributed by atoms with Crippen molar-refractivity contribution >= 4 is 21.4 Å². The molecule has 29 heavy (non-hydrogen) atoms. The highest BCUT2D eigenvalue weighted by Gasteiger charge is 2.29. The lowest BCUT2D eigenvalue weighted by atomic mass is 9.94. The molecule has 156 valence electrons. The number of aliphatic hydroxyl groups excluding tert-OH is 2. The number of rotatable bonds is 4. The maximum atomic E-state index is 14.4. The zero-order valence-corrected chi connectivity index (χ0v) is 17.8. The minimum atomic E-state index is -0.512. The van der Waals surface area contributed by atoms with E-state index in [2.05, 4.69) is 32.0 Å². The minimum absolute atomic E-state index is 0.122. The summed E-state index contributed by atoms with van der Waals surface area (Å²) < 4.78 is 21.4. The van der Waals surface area contributed by atoms with Crippen LogP contribution in [-0.4, -0.2) is 29.0 Å². The zero-order valence-electron chi connectivity index (χ0n) is 17.0. The second kappa shape index (κ2) is 10.3. The first-order valence-electron chi connectivity index (χ1n) is 10.2. The van der Waals surface area contributed by atoms with E-state index in [0.717, 1.165) is 10.4 Å². The van der Waals surface area contributed by atoms with Crippen molar-refractivity contribution in [2.24, 2.45) is 0 Å². The van der Waals surface area contributed by atoms with Gasteiger partial charge in [0.05, 0.1) is 24.9 Å². The molecule has 1 aliphatic rings. The normalized spacial score (nSPS) is 21.6. The van der Waals surface area contributed by atoms with Gasteiger partial charge in [-0.3, -0.25) is 0 Å². The van der Waals surface area contributed by atoms with Crippen LogP contribution in [0.15, 0.2) is 48.5 Å². The summed E-state index contributed by atoms with van der Waals surface area (Å²) in [4.78, 5) is 1.11. The second-order valence-electron chi connectivity index (χ2n) is 7.54. The Bertz CT molecular complexity index is 890. The van der Waals surface area contributed by atoms with E-state index in [1.165, 1.54) is 22.6 Å². The van der Waals surface area contributed by atoms with Gasteiger partial charge in [0.25, 0.3) is 0 Å². The van der Waals surface area contributed by atoms with E-state index in [-0.39, 0.29) is 24.6 Å². The van der Waals surface area contributed by atoms with Gasteiger partial charge in [0.2, 0.25) is 0 Å². The summed E-state index contributed by atoms with van der Waals surface area (Å²) in [5.41, 5.74) is 1.47. The van der Waals surface area contributed by atoms with Crippen LogP contribution in [-0.2, 0) is 11.2 Å². The van der Waals surface area contributed by atoms with Crippen LogP contribution in [0.1, 0.15) is 55.2 Å². The lowest BCUT2D eigenvalue weighted by Gasteiger charge is -2.32. The van der Waals surface area contributed by atoms with Crippen LogP contribution in [0, 0.1) is 5.82 Å². The van der Waals surface area contributed by atoms with Gasteiger partial charge in [-0.25, -0.2) is 4.39 Å². The van der Waals surface area contributed by atoms with Crippen molar-refractivity contribution < 1.29 is 19.3 Å². The predicted molar refractivity (Wildman–Crippen MR) is 117 cm³/mol. The number of benzene rings is 2. The summed E-state index contributed by atoms with van der Waals surface area (Å²) in [6.45, 7) is 4.13. The average molecular weight is 417 g/mol. The third kappa shape index (κ3) is 5.64. The molecular weight excluding hydrogens is 387 g/mol. The lowest BCUT2D eigenvalue weighted by molar-refractivity contribution is -0.113. The highest BCUT2D eigenvalue weighted by molar-refractivity contribution is 7.19. The first kappa shape index (κ1) is 21.9. The highest BCUT2D eigenvalue weighted by Crippen LogP contribution is 2.33. The Morgan fingerprint density at radius 2 is 1.86 bits per heavy atom. The Morgan fingerprint density at radius 3 is 2.59 bits per heavy atom. The molecule has 0 saturated carbocycles. The number of hydrogen-bond acceptors (Lipinski definition) is 4. The third-order valence-electron chi connectivity index (χ3n) is 4.86. The molecule has 0 bridgehead atoms. The van der Waals surface area contributed by atoms with Crippen LogP contribution < -0.4 is 0 Å². The van der Waals surface area contributed by atoms with Gasteiger partial charge in [0, 0.05) is 28.8 Å². The Balaban J connectivity index is 0.000000755. The zero-order chi connectivity index (χ0) is 20.8. The molecule has 0 radical (unpaired) electrons. The highest BCUT2D eigenvalue weighted by atomic mass is 32.1. The quantitative estimate of drug-likeness (QED) is 0.580. The summed E-state index contributed by atoms with van der Waals surface area (Å²) in [6.07, 6.45) is 1.46. The van der Waals surface area contributed by atoms with Crippen molar-refractivity contribution in [1.29, 1.82) is 0 Å². The van der Waals surface area contributed by atoms with Crippen LogP contribution in [0.3, 0.4) is 0 Å². The fourth-order valence-electron chi connectivity index (χ4n) is 3.56. The molecule has 2 aromatic carbocycles. The summed E-state index contributed by atoms with van der Waals surface area (Å²) in [5, 5.41) is 20.5. The van der Waals surface area contributed by atoms with E-state index in [0.29, 0.717) is 24.8 Å². The van der Waals surface area contributed by atoms with E-state index in [1.807, 2.05) is 18.2 Å². The molecule has 0 amide bonds. The van der Waals surface area contributed by atoms with Gasteiger partial charge < -0.3 is 14.9 Å². The molecule has 1 fully saturated rings. The van der Waals surface area contributed by atoms with Gasteiger partial charge in [-0.15, -0.1) is 11.3 Å². The van der Waals surface area contributed by atoms with Crippen LogP contribution >= 0.6 is 11.3 Å². The Labute approximate surface area is 175 Å². The van der Waals surface area contributed by atoms with Gasteiger partial charge in [-0.1, -0.05) is 44.5 Å². The largest absolute Gasteiger partial charge is 0.394 e. The molecule has 1 aliphatic heterocycles. The topological polar surface area (TPSA) is 49.7 Å². The molecule has 2 heterocycles. The fourth-order valence-corrected chi connectivity index (χ4v) is 4.65. The summed E-state index contributed by atoms with van der Waals surface area (Å²) >= 11 is 1.68. The van der Waals surface area contributed by atoms with Crippen molar-refractivity contribution in [3.8, 4) is 0 Å². The number of fused-ring (bicyclic) bond motifs is 1. The van der Waals surface area contributed by atoms with Crippen LogP contribution in [0.4, 0.5) is 4.39 Å². The summed E-state index contributed by atoms with van der Waals surface area (Å²) in [6, 6.07) is 15.3. The smallest absolute Gasteiger partial charge is 0.126 e. The van der Waals surface area contributed by atoms with E-state index < -0.39 is 6.10 Å². The van der Waals surface area contributed by atoms with E-state index in [1.54, 1.807) is 17.4 Å². The molecule has 3 nitrogen and oxygen atoms in total. The molecule has 0 spiro atoms. The average Bonchev–Trinajstić information content (AvgIpc) is 3.12. The van der Waals surface area contributed by atoms with Gasteiger partial charge in [-0.05, 0) is 40.8 Å². The molecule has 4 rings (SSSR count). The maximum Gasteiger partial charge on any atom is 0.126 e. The standard InChI is InChI=1S/C21H21FO3S.C3H8/c22-19-6-5-13(20-11-16(24)10-17(12-23)25-20)7-15(19)9-18-8-14-3-1-2-4-21(14)26-18;1-3-2/h1-8,16-17,20,23-24H,9-12H2;3H2,1-2H3/t16-,17-,20+;/m0./s1. The number of halogens is 1. The Morgan fingerprint density at radius 1 is 1.10 bits per heavy atom. The first-order chi connectivity index (χ1) is 14.0. The van der Waals surface area contributed by atoms with Crippen molar-refractivity contribution in [3.63, 3.8) is 0 Å². The van der Waals surface area contributed by atoms with Gasteiger partial charge >= 0.3 is 0 Å². The molecule has 0 unspecified atom stereocenters. The van der Waals surface area contributed by atoms with E-state index >= 15 is 0 Å². The maximum absolute atomic E-state index is 14.4. The Hall–Kier alpha value is -1.79. The summed E-state index contributed by atoms with van der Waals surface area (Å²) in [5.74, 6) is -0.235. The second-order valence-corrected chi connectivity index (χ2v) is 8.71. The number of ether oxygens (including phenoxy) is 1.